The largest absolute Gasteiger partial charge is 0.467 e. The second-order valence-electron chi connectivity index (χ2n) is 10.3. The molecule has 0 aromatic carbocycles. The first-order valence-corrected chi connectivity index (χ1v) is 12.8. The SMILES string of the molecule is COC(=O)C(C)(O)[C@@H]1C[C@]2(C)C[C@@H](O[Si](C)(C)C(C)(C)C)CCC2=CC1=O. The Bertz CT molecular complexity index is 643. The summed E-state index contributed by atoms with van der Waals surface area (Å²) in [6.45, 7) is 14.7. The molecular formula is C21H36O5Si. The minimum Gasteiger partial charge on any atom is -0.467 e. The van der Waals surface area contributed by atoms with Gasteiger partial charge in [0.15, 0.2) is 19.7 Å². The summed E-state index contributed by atoms with van der Waals surface area (Å²) in [4.78, 5) is 24.7. The summed E-state index contributed by atoms with van der Waals surface area (Å²) in [6, 6.07) is 0. The van der Waals surface area contributed by atoms with E-state index in [-0.39, 0.29) is 22.3 Å². The molecule has 2 aliphatic rings. The van der Waals surface area contributed by atoms with E-state index in [0.717, 1.165) is 24.8 Å². The molecule has 0 spiro atoms. The van der Waals surface area contributed by atoms with E-state index in [1.165, 1.54) is 14.0 Å². The van der Waals surface area contributed by atoms with Crippen molar-refractivity contribution in [1.29, 1.82) is 0 Å². The van der Waals surface area contributed by atoms with Gasteiger partial charge < -0.3 is 14.3 Å². The Morgan fingerprint density at radius 2 is 1.85 bits per heavy atom. The molecule has 5 nitrogen and oxygen atoms in total. The fourth-order valence-corrected chi connectivity index (χ4v) is 5.54. The maximum Gasteiger partial charge on any atom is 0.338 e. The van der Waals surface area contributed by atoms with Gasteiger partial charge in [0.25, 0.3) is 0 Å². The number of hydrogen-bond donors (Lipinski definition) is 1. The van der Waals surface area contributed by atoms with Crippen LogP contribution in [-0.2, 0) is 18.8 Å². The predicted molar refractivity (Wildman–Crippen MR) is 108 cm³/mol. The van der Waals surface area contributed by atoms with Crippen molar-refractivity contribution in [3.63, 3.8) is 0 Å². The van der Waals surface area contributed by atoms with Gasteiger partial charge in [-0.3, -0.25) is 4.79 Å². The molecule has 0 saturated heterocycles. The number of hydrogen-bond acceptors (Lipinski definition) is 5. The second kappa shape index (κ2) is 7.12. The van der Waals surface area contributed by atoms with E-state index < -0.39 is 25.8 Å². The van der Waals surface area contributed by atoms with Crippen molar-refractivity contribution in [2.24, 2.45) is 11.3 Å². The van der Waals surface area contributed by atoms with Gasteiger partial charge in [0.05, 0.1) is 13.0 Å². The molecule has 6 heteroatoms. The van der Waals surface area contributed by atoms with E-state index in [2.05, 4.69) is 40.8 Å². The number of ketones is 1. The van der Waals surface area contributed by atoms with Crippen LogP contribution in [0.4, 0.5) is 0 Å². The van der Waals surface area contributed by atoms with Crippen LogP contribution in [0.1, 0.15) is 60.3 Å². The number of rotatable bonds is 4. The molecule has 2 rings (SSSR count). The van der Waals surface area contributed by atoms with Crippen LogP contribution in [0.5, 0.6) is 0 Å². The van der Waals surface area contributed by atoms with Gasteiger partial charge in [0, 0.05) is 6.10 Å². The zero-order valence-electron chi connectivity index (χ0n) is 18.1. The maximum atomic E-state index is 12.6. The Hall–Kier alpha value is -0.983. The minimum absolute atomic E-state index is 0.143. The van der Waals surface area contributed by atoms with Crippen LogP contribution < -0.4 is 0 Å². The van der Waals surface area contributed by atoms with Crippen LogP contribution in [0, 0.1) is 11.3 Å². The van der Waals surface area contributed by atoms with Crippen molar-refractivity contribution in [3.8, 4) is 0 Å². The van der Waals surface area contributed by atoms with Gasteiger partial charge in [-0.15, -0.1) is 0 Å². The third kappa shape index (κ3) is 4.22. The Morgan fingerprint density at radius 3 is 2.37 bits per heavy atom. The van der Waals surface area contributed by atoms with Crippen molar-refractivity contribution in [1.82, 2.24) is 0 Å². The molecule has 1 saturated carbocycles. The van der Waals surface area contributed by atoms with Crippen LogP contribution in [-0.4, -0.2) is 44.0 Å². The molecule has 27 heavy (non-hydrogen) atoms. The van der Waals surface area contributed by atoms with Crippen LogP contribution in [0.25, 0.3) is 0 Å². The number of fused-ring (bicyclic) bond motifs is 1. The molecule has 0 aromatic rings. The molecule has 0 bridgehead atoms. The molecule has 0 aromatic heterocycles. The van der Waals surface area contributed by atoms with E-state index >= 15 is 0 Å². The molecule has 1 unspecified atom stereocenters. The zero-order chi connectivity index (χ0) is 20.8. The molecule has 4 atom stereocenters. The lowest BCUT2D eigenvalue weighted by Gasteiger charge is -2.49. The lowest BCUT2D eigenvalue weighted by Crippen LogP contribution is -2.52. The first-order valence-electron chi connectivity index (χ1n) is 9.87. The van der Waals surface area contributed by atoms with E-state index in [9.17, 15) is 14.7 Å². The summed E-state index contributed by atoms with van der Waals surface area (Å²) in [5, 5.41) is 10.8. The topological polar surface area (TPSA) is 72.8 Å². The van der Waals surface area contributed by atoms with E-state index in [1.54, 1.807) is 6.08 Å². The zero-order valence-corrected chi connectivity index (χ0v) is 19.1. The first kappa shape index (κ1) is 22.3. The molecule has 154 valence electrons. The monoisotopic (exact) mass is 396 g/mol. The third-order valence-corrected chi connectivity index (χ3v) is 11.6. The number of ether oxygens (including phenoxy) is 1. The summed E-state index contributed by atoms with van der Waals surface area (Å²) in [5.41, 5.74) is -0.939. The second-order valence-corrected chi connectivity index (χ2v) is 15.0. The van der Waals surface area contributed by atoms with Gasteiger partial charge in [-0.25, -0.2) is 4.79 Å². The van der Waals surface area contributed by atoms with E-state index in [4.69, 9.17) is 9.16 Å². The Morgan fingerprint density at radius 1 is 1.26 bits per heavy atom. The van der Waals surface area contributed by atoms with Gasteiger partial charge in [-0.1, -0.05) is 33.3 Å². The number of carbonyl (C=O) groups is 2. The lowest BCUT2D eigenvalue weighted by molar-refractivity contribution is -0.170. The number of methoxy groups -OCH3 is 1. The number of carbonyl (C=O) groups excluding carboxylic acids is 2. The minimum atomic E-state index is -1.88. The van der Waals surface area contributed by atoms with Gasteiger partial charge >= 0.3 is 5.97 Å². The molecule has 0 amide bonds. The van der Waals surface area contributed by atoms with Gasteiger partial charge in [0.1, 0.15) is 0 Å². The number of allylic oxidation sites excluding steroid dienone is 2. The Balaban J connectivity index is 2.25. The van der Waals surface area contributed by atoms with Crippen molar-refractivity contribution < 1.29 is 23.9 Å². The fourth-order valence-electron chi connectivity index (χ4n) is 4.16. The summed E-state index contributed by atoms with van der Waals surface area (Å²) < 4.78 is 11.4. The first-order chi connectivity index (χ1) is 12.1. The van der Waals surface area contributed by atoms with Crippen LogP contribution in [0.2, 0.25) is 18.1 Å². The van der Waals surface area contributed by atoms with Crippen molar-refractivity contribution in [3.05, 3.63) is 11.6 Å². The highest BCUT2D eigenvalue weighted by atomic mass is 28.4. The summed E-state index contributed by atoms with van der Waals surface area (Å²) in [7, 11) is -0.650. The fraction of sp³-hybridized carbons (Fsp3) is 0.810. The van der Waals surface area contributed by atoms with Crippen molar-refractivity contribution in [2.75, 3.05) is 7.11 Å². The van der Waals surface area contributed by atoms with Gasteiger partial charge in [-0.05, 0) is 62.2 Å². The maximum absolute atomic E-state index is 12.6. The van der Waals surface area contributed by atoms with Gasteiger partial charge in [-0.2, -0.15) is 0 Å². The predicted octanol–water partition coefficient (Wildman–Crippen LogP) is 4.01. The normalized spacial score (nSPS) is 31.6. The standard InChI is InChI=1S/C21H36O5Si/c1-19(2,3)27(7,8)26-15-10-9-14-11-17(22)16(13-20(14,4)12-15)21(5,24)18(23)25-6/h11,15-16,24H,9-10,12-13H2,1-8H3/t15-,16+,20-,21?/m0/s1. The summed E-state index contributed by atoms with van der Waals surface area (Å²) in [5.74, 6) is -1.72. The molecule has 0 heterocycles. The van der Waals surface area contributed by atoms with Crippen LogP contribution in [0.15, 0.2) is 11.6 Å². The smallest absolute Gasteiger partial charge is 0.338 e. The van der Waals surface area contributed by atoms with Crippen LogP contribution >= 0.6 is 0 Å². The lowest BCUT2D eigenvalue weighted by atomic mass is 9.60. The Labute approximate surface area is 164 Å². The molecule has 0 aliphatic heterocycles. The average molecular weight is 397 g/mol. The number of esters is 1. The molecule has 2 aliphatic carbocycles. The highest BCUT2D eigenvalue weighted by molar-refractivity contribution is 6.74. The quantitative estimate of drug-likeness (QED) is 0.574. The highest BCUT2D eigenvalue weighted by Gasteiger charge is 2.52. The van der Waals surface area contributed by atoms with Crippen LogP contribution in [0.3, 0.4) is 0 Å². The third-order valence-electron chi connectivity index (χ3n) is 7.05. The molecule has 1 N–H and O–H groups in total. The molecule has 0 radical (unpaired) electrons. The number of aliphatic hydroxyl groups is 1. The average Bonchev–Trinajstić information content (AvgIpc) is 2.52. The van der Waals surface area contributed by atoms with Gasteiger partial charge in [0.2, 0.25) is 0 Å². The Kier molecular flexibility index (Phi) is 5.88. The molecular weight excluding hydrogens is 360 g/mol. The summed E-state index contributed by atoms with van der Waals surface area (Å²) >= 11 is 0. The molecule has 1 fully saturated rings. The van der Waals surface area contributed by atoms with Crippen molar-refractivity contribution >= 4 is 20.1 Å². The summed E-state index contributed by atoms with van der Waals surface area (Å²) in [6.07, 6.45) is 4.80. The highest BCUT2D eigenvalue weighted by Crippen LogP contribution is 2.51. The van der Waals surface area contributed by atoms with E-state index in [1.807, 2.05) is 0 Å². The van der Waals surface area contributed by atoms with E-state index in [0.29, 0.717) is 6.42 Å². The van der Waals surface area contributed by atoms with Crippen molar-refractivity contribution in [2.45, 2.75) is 90.1 Å².